The van der Waals surface area contributed by atoms with Gasteiger partial charge in [0, 0.05) is 5.92 Å². The lowest BCUT2D eigenvalue weighted by molar-refractivity contribution is 0.730. The molecule has 2 atom stereocenters. The normalized spacial score (nSPS) is 40.9. The minimum absolute atomic E-state index is 0.798. The quantitative estimate of drug-likeness (QED) is 0.432. The SMILES string of the molecule is IC1=CC2C=CC1C2. The number of rotatable bonds is 0. The zero-order chi connectivity index (χ0) is 5.56. The van der Waals surface area contributed by atoms with E-state index in [-0.39, 0.29) is 0 Å². The summed E-state index contributed by atoms with van der Waals surface area (Å²) in [5, 5.41) is 0. The van der Waals surface area contributed by atoms with Crippen molar-refractivity contribution in [2.75, 3.05) is 0 Å². The summed E-state index contributed by atoms with van der Waals surface area (Å²) in [6.45, 7) is 0. The fourth-order valence-corrected chi connectivity index (χ4v) is 2.31. The van der Waals surface area contributed by atoms with E-state index in [9.17, 15) is 0 Å². The van der Waals surface area contributed by atoms with Crippen LogP contribution < -0.4 is 0 Å². The van der Waals surface area contributed by atoms with E-state index in [1.807, 2.05) is 0 Å². The molecule has 2 rings (SSSR count). The molecule has 0 spiro atoms. The third-order valence-electron chi connectivity index (χ3n) is 1.84. The number of hydrogen-bond donors (Lipinski definition) is 0. The smallest absolute Gasteiger partial charge is 0.00818 e. The van der Waals surface area contributed by atoms with Crippen LogP contribution in [-0.4, -0.2) is 0 Å². The fourth-order valence-electron chi connectivity index (χ4n) is 1.38. The Hall–Kier alpha value is 0.210. The summed E-state index contributed by atoms with van der Waals surface area (Å²) >= 11 is 2.43. The van der Waals surface area contributed by atoms with Crippen LogP contribution in [0, 0.1) is 11.8 Å². The van der Waals surface area contributed by atoms with E-state index in [4.69, 9.17) is 0 Å². The van der Waals surface area contributed by atoms with Gasteiger partial charge in [0.05, 0.1) is 0 Å². The lowest BCUT2D eigenvalue weighted by atomic mass is 10.2. The molecule has 0 amide bonds. The average Bonchev–Trinajstić information content (AvgIpc) is 2.23. The minimum atomic E-state index is 0.798. The van der Waals surface area contributed by atoms with Crippen LogP contribution in [0.5, 0.6) is 0 Å². The second-order valence-corrected chi connectivity index (χ2v) is 3.69. The highest BCUT2D eigenvalue weighted by Crippen LogP contribution is 2.40. The maximum atomic E-state index is 2.43. The molecule has 0 saturated heterocycles. The zero-order valence-electron chi connectivity index (χ0n) is 4.47. The van der Waals surface area contributed by atoms with E-state index in [0.29, 0.717) is 0 Å². The van der Waals surface area contributed by atoms with Gasteiger partial charge in [0.1, 0.15) is 0 Å². The van der Waals surface area contributed by atoms with Gasteiger partial charge in [-0.2, -0.15) is 0 Å². The Bertz CT molecular complexity index is 167. The summed E-state index contributed by atoms with van der Waals surface area (Å²) in [5.41, 5.74) is 0. The summed E-state index contributed by atoms with van der Waals surface area (Å²) in [4.78, 5) is 0. The Morgan fingerprint density at radius 3 is 2.62 bits per heavy atom. The third kappa shape index (κ3) is 0.569. The first-order valence-corrected chi connectivity index (χ1v) is 3.99. The lowest BCUT2D eigenvalue weighted by Gasteiger charge is -1.97. The van der Waals surface area contributed by atoms with Crippen LogP contribution >= 0.6 is 22.6 Å². The maximum Gasteiger partial charge on any atom is 0.00818 e. The Morgan fingerprint density at radius 1 is 1.50 bits per heavy atom. The predicted molar refractivity (Wildman–Crippen MR) is 42.8 cm³/mol. The topological polar surface area (TPSA) is 0 Å². The summed E-state index contributed by atoms with van der Waals surface area (Å²) in [7, 11) is 0. The molecule has 0 N–H and O–H groups in total. The minimum Gasteiger partial charge on any atom is -0.0809 e. The van der Waals surface area contributed by atoms with Crippen molar-refractivity contribution in [3.8, 4) is 0 Å². The van der Waals surface area contributed by atoms with Crippen LogP contribution in [0.1, 0.15) is 6.42 Å². The number of fused-ring (bicyclic) bond motifs is 2. The average molecular weight is 218 g/mol. The first kappa shape index (κ1) is 5.03. The molecule has 2 bridgehead atoms. The summed E-state index contributed by atoms with van der Waals surface area (Å²) < 4.78 is 1.55. The first-order valence-electron chi connectivity index (χ1n) is 2.92. The number of allylic oxidation sites excluding steroid dienone is 4. The molecule has 0 aliphatic heterocycles. The molecule has 2 aliphatic carbocycles. The molecule has 1 heteroatoms. The second-order valence-electron chi connectivity index (χ2n) is 2.44. The van der Waals surface area contributed by atoms with Crippen molar-refractivity contribution in [2.45, 2.75) is 6.42 Å². The van der Waals surface area contributed by atoms with Crippen molar-refractivity contribution in [2.24, 2.45) is 11.8 Å². The van der Waals surface area contributed by atoms with Crippen LogP contribution in [0.4, 0.5) is 0 Å². The molecule has 0 radical (unpaired) electrons. The molecule has 0 aromatic heterocycles. The number of halogens is 1. The molecule has 0 nitrogen and oxygen atoms in total. The molecule has 0 aromatic rings. The van der Waals surface area contributed by atoms with E-state index in [2.05, 4.69) is 40.8 Å². The van der Waals surface area contributed by atoms with Gasteiger partial charge in [-0.3, -0.25) is 0 Å². The first-order chi connectivity index (χ1) is 3.86. The van der Waals surface area contributed by atoms with E-state index in [1.165, 1.54) is 6.42 Å². The number of hydrogen-bond acceptors (Lipinski definition) is 0. The van der Waals surface area contributed by atoms with E-state index in [0.717, 1.165) is 11.8 Å². The highest BCUT2D eigenvalue weighted by molar-refractivity contribution is 14.1. The Kier molecular flexibility index (Phi) is 1.00. The molecule has 0 fully saturated rings. The molecule has 8 heavy (non-hydrogen) atoms. The molecule has 0 saturated carbocycles. The van der Waals surface area contributed by atoms with Crippen molar-refractivity contribution in [1.29, 1.82) is 0 Å². The van der Waals surface area contributed by atoms with Crippen LogP contribution in [0.25, 0.3) is 0 Å². The van der Waals surface area contributed by atoms with Gasteiger partial charge in [-0.1, -0.05) is 18.2 Å². The van der Waals surface area contributed by atoms with Gasteiger partial charge in [-0.05, 0) is 38.5 Å². The zero-order valence-corrected chi connectivity index (χ0v) is 6.63. The molecule has 42 valence electrons. The maximum absolute atomic E-state index is 2.43. The van der Waals surface area contributed by atoms with Crippen molar-refractivity contribution in [3.05, 3.63) is 21.8 Å². The standard InChI is InChI=1S/C7H7I/c8-7-4-5-1-2-6(7)3-5/h1-2,4-6H,3H2. The molecule has 2 unspecified atom stereocenters. The molecular weight excluding hydrogens is 211 g/mol. The largest absolute Gasteiger partial charge is 0.0809 e. The Morgan fingerprint density at radius 2 is 2.38 bits per heavy atom. The van der Waals surface area contributed by atoms with Crippen molar-refractivity contribution in [1.82, 2.24) is 0 Å². The lowest BCUT2D eigenvalue weighted by Crippen LogP contribution is -1.83. The van der Waals surface area contributed by atoms with E-state index < -0.39 is 0 Å². The van der Waals surface area contributed by atoms with Gasteiger partial charge in [-0.15, -0.1) is 0 Å². The highest BCUT2D eigenvalue weighted by Gasteiger charge is 2.25. The summed E-state index contributed by atoms with van der Waals surface area (Å²) in [6, 6.07) is 0. The van der Waals surface area contributed by atoms with Gasteiger partial charge in [0.2, 0.25) is 0 Å². The second kappa shape index (κ2) is 1.59. The molecular formula is C7H7I. The predicted octanol–water partition coefficient (Wildman–Crippen LogP) is 2.51. The molecule has 2 aliphatic rings. The van der Waals surface area contributed by atoms with Gasteiger partial charge < -0.3 is 0 Å². The molecule has 0 heterocycles. The molecule has 0 aromatic carbocycles. The van der Waals surface area contributed by atoms with Crippen LogP contribution in [0.15, 0.2) is 21.8 Å². The van der Waals surface area contributed by atoms with Crippen molar-refractivity contribution < 1.29 is 0 Å². The third-order valence-corrected chi connectivity index (χ3v) is 3.00. The van der Waals surface area contributed by atoms with Crippen molar-refractivity contribution in [3.63, 3.8) is 0 Å². The van der Waals surface area contributed by atoms with Gasteiger partial charge in [0.25, 0.3) is 0 Å². The van der Waals surface area contributed by atoms with Crippen LogP contribution in [0.3, 0.4) is 0 Å². The van der Waals surface area contributed by atoms with Gasteiger partial charge in [-0.25, -0.2) is 0 Å². The van der Waals surface area contributed by atoms with Gasteiger partial charge in [0.15, 0.2) is 0 Å². The monoisotopic (exact) mass is 218 g/mol. The van der Waals surface area contributed by atoms with Crippen LogP contribution in [-0.2, 0) is 0 Å². The van der Waals surface area contributed by atoms with Gasteiger partial charge >= 0.3 is 0 Å². The summed E-state index contributed by atoms with van der Waals surface area (Å²) in [6.07, 6.45) is 8.36. The van der Waals surface area contributed by atoms with Crippen molar-refractivity contribution >= 4 is 22.6 Å². The Labute approximate surface area is 62.8 Å². The van der Waals surface area contributed by atoms with E-state index in [1.54, 1.807) is 3.58 Å². The van der Waals surface area contributed by atoms with E-state index >= 15 is 0 Å². The Balaban J connectivity index is 2.36. The fraction of sp³-hybridized carbons (Fsp3) is 0.429. The highest BCUT2D eigenvalue weighted by atomic mass is 127. The summed E-state index contributed by atoms with van der Waals surface area (Å²) in [5.74, 6) is 1.60. The van der Waals surface area contributed by atoms with Crippen LogP contribution in [0.2, 0.25) is 0 Å².